The van der Waals surface area contributed by atoms with Gasteiger partial charge in [0.1, 0.15) is 4.90 Å². The van der Waals surface area contributed by atoms with Crippen LogP contribution in [0.4, 0.5) is 0 Å². The summed E-state index contributed by atoms with van der Waals surface area (Å²) in [4.78, 5) is 5.44. The van der Waals surface area contributed by atoms with Gasteiger partial charge in [-0.2, -0.15) is 5.10 Å². The van der Waals surface area contributed by atoms with Gasteiger partial charge in [0.05, 0.1) is 29.5 Å². The van der Waals surface area contributed by atoms with Crippen LogP contribution in [0, 0.1) is 13.8 Å². The van der Waals surface area contributed by atoms with Gasteiger partial charge in [-0.15, -0.1) is 11.3 Å². The number of nitrogens with one attached hydrogen (secondary N) is 1. The average molecular weight is 377 g/mol. The molecule has 1 atom stereocenters. The molecule has 0 unspecified atom stereocenters. The first kappa shape index (κ1) is 17.8. The molecular formula is C17H20N4O2S2. The van der Waals surface area contributed by atoms with Gasteiger partial charge >= 0.3 is 0 Å². The van der Waals surface area contributed by atoms with Crippen LogP contribution < -0.4 is 4.72 Å². The molecule has 0 bridgehead atoms. The standard InChI is InChI=1S/C17H20N4O2S2/c1-12-17(24-14(3)19-12)13(2)20-25(22,23)16-9-18-21(11-16)10-15-7-5-4-6-8-15/h4-9,11,13,20H,10H2,1-3H3/t13-/m0/s1. The summed E-state index contributed by atoms with van der Waals surface area (Å²) in [5.74, 6) is 0. The summed E-state index contributed by atoms with van der Waals surface area (Å²) in [5.41, 5.74) is 1.92. The van der Waals surface area contributed by atoms with Crippen LogP contribution in [0.2, 0.25) is 0 Å². The van der Waals surface area contributed by atoms with Crippen LogP contribution in [-0.4, -0.2) is 23.2 Å². The van der Waals surface area contributed by atoms with Gasteiger partial charge in [0.25, 0.3) is 0 Å². The molecule has 1 aromatic carbocycles. The molecule has 0 saturated carbocycles. The second kappa shape index (κ2) is 7.07. The Kier molecular flexibility index (Phi) is 5.03. The van der Waals surface area contributed by atoms with Crippen LogP contribution >= 0.6 is 11.3 Å². The fourth-order valence-corrected chi connectivity index (χ4v) is 4.81. The molecule has 25 heavy (non-hydrogen) atoms. The van der Waals surface area contributed by atoms with Crippen LogP contribution in [-0.2, 0) is 16.6 Å². The highest BCUT2D eigenvalue weighted by atomic mass is 32.2. The van der Waals surface area contributed by atoms with E-state index in [-0.39, 0.29) is 10.9 Å². The third kappa shape index (κ3) is 4.15. The zero-order valence-electron chi connectivity index (χ0n) is 14.3. The van der Waals surface area contributed by atoms with Crippen LogP contribution in [0.3, 0.4) is 0 Å². The van der Waals surface area contributed by atoms with Crippen molar-refractivity contribution in [2.45, 2.75) is 38.3 Å². The summed E-state index contributed by atoms with van der Waals surface area (Å²) in [5, 5.41) is 5.09. The van der Waals surface area contributed by atoms with Crippen molar-refractivity contribution in [2.75, 3.05) is 0 Å². The van der Waals surface area contributed by atoms with Crippen molar-refractivity contribution in [3.63, 3.8) is 0 Å². The second-order valence-electron chi connectivity index (χ2n) is 5.88. The predicted octanol–water partition coefficient (Wildman–Crippen LogP) is 3.04. The van der Waals surface area contributed by atoms with E-state index in [9.17, 15) is 8.42 Å². The number of aromatic nitrogens is 3. The lowest BCUT2D eigenvalue weighted by Crippen LogP contribution is -2.26. The number of hydrogen-bond donors (Lipinski definition) is 1. The predicted molar refractivity (Wildman–Crippen MR) is 98.1 cm³/mol. The van der Waals surface area contributed by atoms with Crippen molar-refractivity contribution in [2.24, 2.45) is 0 Å². The monoisotopic (exact) mass is 376 g/mol. The SMILES string of the molecule is Cc1nc(C)c([C@H](C)NS(=O)(=O)c2cnn(Cc3ccccc3)c2)s1. The normalized spacial score (nSPS) is 13.1. The molecule has 0 aliphatic rings. The summed E-state index contributed by atoms with van der Waals surface area (Å²) in [6, 6.07) is 9.44. The molecule has 0 aliphatic heterocycles. The Hall–Kier alpha value is -2.03. The highest BCUT2D eigenvalue weighted by Gasteiger charge is 2.22. The molecule has 2 aromatic heterocycles. The Labute approximate surface area is 151 Å². The Morgan fingerprint density at radius 2 is 1.96 bits per heavy atom. The Morgan fingerprint density at radius 1 is 1.24 bits per heavy atom. The number of nitrogens with zero attached hydrogens (tertiary/aromatic N) is 3. The number of aryl methyl sites for hydroxylation is 2. The maximum atomic E-state index is 12.6. The molecule has 2 heterocycles. The highest BCUT2D eigenvalue weighted by Crippen LogP contribution is 2.25. The van der Waals surface area contributed by atoms with Gasteiger partial charge in [0.2, 0.25) is 10.0 Å². The first-order valence-electron chi connectivity index (χ1n) is 7.88. The van der Waals surface area contributed by atoms with Crippen LogP contribution in [0.5, 0.6) is 0 Å². The highest BCUT2D eigenvalue weighted by molar-refractivity contribution is 7.89. The van der Waals surface area contributed by atoms with E-state index >= 15 is 0 Å². The Balaban J connectivity index is 1.75. The molecule has 0 radical (unpaired) electrons. The maximum absolute atomic E-state index is 12.6. The molecule has 0 aliphatic carbocycles. The molecule has 0 spiro atoms. The lowest BCUT2D eigenvalue weighted by atomic mass is 10.2. The second-order valence-corrected chi connectivity index (χ2v) is 8.83. The molecule has 3 aromatic rings. The van der Waals surface area contributed by atoms with Gasteiger partial charge < -0.3 is 0 Å². The smallest absolute Gasteiger partial charge is 0.244 e. The van der Waals surface area contributed by atoms with Gasteiger partial charge in [0.15, 0.2) is 0 Å². The first-order chi connectivity index (χ1) is 11.8. The van der Waals surface area contributed by atoms with Crippen LogP contribution in [0.25, 0.3) is 0 Å². The van der Waals surface area contributed by atoms with Gasteiger partial charge in [-0.05, 0) is 26.3 Å². The van der Waals surface area contributed by atoms with Gasteiger partial charge in [-0.1, -0.05) is 30.3 Å². The van der Waals surface area contributed by atoms with Gasteiger partial charge in [0, 0.05) is 11.1 Å². The minimum atomic E-state index is -3.64. The summed E-state index contributed by atoms with van der Waals surface area (Å²) in [7, 11) is -3.64. The van der Waals surface area contributed by atoms with E-state index in [4.69, 9.17) is 0 Å². The topological polar surface area (TPSA) is 76.9 Å². The van der Waals surface area contributed by atoms with Crippen molar-refractivity contribution in [1.29, 1.82) is 0 Å². The van der Waals surface area contributed by atoms with Crippen molar-refractivity contribution >= 4 is 21.4 Å². The molecule has 8 heteroatoms. The van der Waals surface area contributed by atoms with E-state index in [1.807, 2.05) is 51.1 Å². The first-order valence-corrected chi connectivity index (χ1v) is 10.2. The molecule has 0 amide bonds. The number of rotatable bonds is 6. The number of hydrogen-bond acceptors (Lipinski definition) is 5. The molecule has 0 saturated heterocycles. The summed E-state index contributed by atoms with van der Waals surface area (Å²) in [6.45, 7) is 6.16. The molecule has 3 rings (SSSR count). The van der Waals surface area contributed by atoms with Crippen LogP contribution in [0.1, 0.15) is 34.1 Å². The Bertz CT molecular complexity index is 962. The third-order valence-corrected chi connectivity index (χ3v) is 6.52. The van der Waals surface area contributed by atoms with Crippen molar-refractivity contribution in [3.05, 3.63) is 63.9 Å². The van der Waals surface area contributed by atoms with Crippen molar-refractivity contribution in [1.82, 2.24) is 19.5 Å². The maximum Gasteiger partial charge on any atom is 0.244 e. The number of sulfonamides is 1. The number of thiazole rings is 1. The minimum Gasteiger partial charge on any atom is -0.267 e. The molecule has 0 fully saturated rings. The largest absolute Gasteiger partial charge is 0.267 e. The lowest BCUT2D eigenvalue weighted by Gasteiger charge is -2.12. The molecule has 1 N–H and O–H groups in total. The zero-order chi connectivity index (χ0) is 18.0. The lowest BCUT2D eigenvalue weighted by molar-refractivity contribution is 0.567. The van der Waals surface area contributed by atoms with E-state index in [0.717, 1.165) is 21.1 Å². The van der Waals surface area contributed by atoms with Crippen molar-refractivity contribution in [3.8, 4) is 0 Å². The van der Waals surface area contributed by atoms with E-state index in [1.54, 1.807) is 10.9 Å². The minimum absolute atomic E-state index is 0.161. The van der Waals surface area contributed by atoms with Crippen molar-refractivity contribution < 1.29 is 8.42 Å². The summed E-state index contributed by atoms with van der Waals surface area (Å²) < 4.78 is 29.6. The van der Waals surface area contributed by atoms with Gasteiger partial charge in [-0.25, -0.2) is 18.1 Å². The summed E-state index contributed by atoms with van der Waals surface area (Å²) >= 11 is 1.51. The van der Waals surface area contributed by atoms with E-state index in [0.29, 0.717) is 6.54 Å². The summed E-state index contributed by atoms with van der Waals surface area (Å²) in [6.07, 6.45) is 2.93. The Morgan fingerprint density at radius 3 is 2.60 bits per heavy atom. The third-order valence-electron chi connectivity index (χ3n) is 3.77. The number of benzene rings is 1. The average Bonchev–Trinajstić information content (AvgIpc) is 3.15. The molecule has 6 nitrogen and oxygen atoms in total. The fraction of sp³-hybridized carbons (Fsp3) is 0.294. The van der Waals surface area contributed by atoms with E-state index in [2.05, 4.69) is 14.8 Å². The van der Waals surface area contributed by atoms with E-state index in [1.165, 1.54) is 17.5 Å². The fourth-order valence-electron chi connectivity index (χ4n) is 2.64. The van der Waals surface area contributed by atoms with Gasteiger partial charge in [-0.3, -0.25) is 4.68 Å². The quantitative estimate of drug-likeness (QED) is 0.717. The molecular weight excluding hydrogens is 356 g/mol. The van der Waals surface area contributed by atoms with Crippen LogP contribution in [0.15, 0.2) is 47.6 Å². The zero-order valence-corrected chi connectivity index (χ0v) is 15.9. The molecule has 132 valence electrons. The van der Waals surface area contributed by atoms with E-state index < -0.39 is 10.0 Å².